The molecule has 1 heterocycles. The summed E-state index contributed by atoms with van der Waals surface area (Å²) in [4.78, 5) is 12.6. The average molecular weight is 264 g/mol. The van der Waals surface area contributed by atoms with Gasteiger partial charge in [-0.15, -0.1) is 0 Å². The van der Waals surface area contributed by atoms with Gasteiger partial charge in [-0.1, -0.05) is 18.6 Å². The van der Waals surface area contributed by atoms with Gasteiger partial charge in [-0.25, -0.2) is 0 Å². The molecule has 104 valence electrons. The molecule has 0 aliphatic carbocycles. The Morgan fingerprint density at radius 1 is 1.53 bits per heavy atom. The Labute approximate surface area is 113 Å². The van der Waals surface area contributed by atoms with Crippen LogP contribution in [0.4, 0.5) is 5.69 Å². The van der Waals surface area contributed by atoms with E-state index in [9.17, 15) is 15.2 Å². The molecule has 1 aliphatic rings. The van der Waals surface area contributed by atoms with E-state index in [1.807, 2.05) is 13.0 Å². The summed E-state index contributed by atoms with van der Waals surface area (Å²) in [6.07, 6.45) is 2.89. The van der Waals surface area contributed by atoms with Gasteiger partial charge in [-0.3, -0.25) is 15.0 Å². The topological polar surface area (TPSA) is 66.6 Å². The Kier molecular flexibility index (Phi) is 4.50. The maximum atomic E-state index is 10.8. The van der Waals surface area contributed by atoms with E-state index >= 15 is 0 Å². The quantitative estimate of drug-likeness (QED) is 0.669. The summed E-state index contributed by atoms with van der Waals surface area (Å²) in [5.74, 6) is 0. The fourth-order valence-electron chi connectivity index (χ4n) is 2.76. The van der Waals surface area contributed by atoms with Crippen LogP contribution in [0.1, 0.15) is 31.7 Å². The van der Waals surface area contributed by atoms with Gasteiger partial charge in [0.05, 0.1) is 11.0 Å². The third-order valence-electron chi connectivity index (χ3n) is 3.73. The number of rotatable bonds is 4. The van der Waals surface area contributed by atoms with Crippen LogP contribution in [0.15, 0.2) is 24.3 Å². The maximum absolute atomic E-state index is 10.8. The predicted octanol–water partition coefficient (Wildman–Crippen LogP) is 2.33. The molecular formula is C14H20N2O3. The van der Waals surface area contributed by atoms with E-state index in [0.29, 0.717) is 6.54 Å². The summed E-state index contributed by atoms with van der Waals surface area (Å²) in [6, 6.07) is 6.91. The molecule has 5 heteroatoms. The van der Waals surface area contributed by atoms with Crippen molar-refractivity contribution in [1.29, 1.82) is 0 Å². The number of benzene rings is 1. The maximum Gasteiger partial charge on any atom is 0.269 e. The minimum Gasteiger partial charge on any atom is -0.392 e. The lowest BCUT2D eigenvalue weighted by Gasteiger charge is -2.37. The molecule has 2 rings (SSSR count). The van der Waals surface area contributed by atoms with E-state index in [-0.39, 0.29) is 22.8 Å². The zero-order valence-electron chi connectivity index (χ0n) is 11.2. The first-order valence-corrected chi connectivity index (χ1v) is 6.73. The zero-order valence-corrected chi connectivity index (χ0v) is 11.2. The average Bonchev–Trinajstić information content (AvgIpc) is 2.39. The Bertz CT molecular complexity index is 448. The Morgan fingerprint density at radius 3 is 3.00 bits per heavy atom. The van der Waals surface area contributed by atoms with Gasteiger partial charge >= 0.3 is 0 Å². The molecule has 0 amide bonds. The smallest absolute Gasteiger partial charge is 0.269 e. The number of likely N-dealkylation sites (tertiary alicyclic amines) is 1. The highest BCUT2D eigenvalue weighted by atomic mass is 16.6. The molecule has 0 saturated carbocycles. The van der Waals surface area contributed by atoms with Crippen molar-refractivity contribution in [2.24, 2.45) is 0 Å². The van der Waals surface area contributed by atoms with Crippen molar-refractivity contribution < 1.29 is 10.0 Å². The Balaban J connectivity index is 2.10. The summed E-state index contributed by atoms with van der Waals surface area (Å²) < 4.78 is 0. The Morgan fingerprint density at radius 2 is 2.32 bits per heavy atom. The van der Waals surface area contributed by atoms with Gasteiger partial charge in [0.1, 0.15) is 0 Å². The molecule has 0 bridgehead atoms. The molecule has 19 heavy (non-hydrogen) atoms. The molecule has 1 fully saturated rings. The first kappa shape index (κ1) is 14.0. The van der Waals surface area contributed by atoms with Crippen molar-refractivity contribution >= 4 is 5.69 Å². The van der Waals surface area contributed by atoms with Crippen LogP contribution in [0.5, 0.6) is 0 Å². The molecule has 0 radical (unpaired) electrons. The summed E-state index contributed by atoms with van der Waals surface area (Å²) in [6.45, 7) is 3.42. The van der Waals surface area contributed by atoms with Gasteiger partial charge in [0.15, 0.2) is 0 Å². The zero-order chi connectivity index (χ0) is 13.8. The third kappa shape index (κ3) is 3.52. The highest BCUT2D eigenvalue weighted by molar-refractivity contribution is 5.34. The fraction of sp³-hybridized carbons (Fsp3) is 0.571. The molecule has 1 aromatic rings. The van der Waals surface area contributed by atoms with E-state index in [1.165, 1.54) is 6.07 Å². The van der Waals surface area contributed by atoms with E-state index in [2.05, 4.69) is 4.90 Å². The van der Waals surface area contributed by atoms with Gasteiger partial charge < -0.3 is 5.11 Å². The molecule has 1 aromatic carbocycles. The molecule has 1 N–H and O–H groups in total. The summed E-state index contributed by atoms with van der Waals surface area (Å²) in [7, 11) is 0. The summed E-state index contributed by atoms with van der Waals surface area (Å²) in [5.41, 5.74) is 1.06. The van der Waals surface area contributed by atoms with Crippen LogP contribution < -0.4 is 0 Å². The molecule has 2 atom stereocenters. The second kappa shape index (κ2) is 6.12. The van der Waals surface area contributed by atoms with Crippen LogP contribution in [0.3, 0.4) is 0 Å². The highest BCUT2D eigenvalue weighted by Crippen LogP contribution is 2.23. The van der Waals surface area contributed by atoms with E-state index in [1.54, 1.807) is 12.1 Å². The third-order valence-corrected chi connectivity index (χ3v) is 3.73. The molecule has 0 aromatic heterocycles. The summed E-state index contributed by atoms with van der Waals surface area (Å²) in [5, 5.41) is 20.6. The second-order valence-electron chi connectivity index (χ2n) is 5.20. The lowest BCUT2D eigenvalue weighted by atomic mass is 9.97. The number of hydrogen-bond acceptors (Lipinski definition) is 4. The van der Waals surface area contributed by atoms with Crippen molar-refractivity contribution in [3.05, 3.63) is 39.9 Å². The van der Waals surface area contributed by atoms with Crippen LogP contribution >= 0.6 is 0 Å². The van der Waals surface area contributed by atoms with E-state index in [4.69, 9.17) is 0 Å². The number of aliphatic hydroxyl groups is 1. The van der Waals surface area contributed by atoms with Crippen molar-refractivity contribution in [3.8, 4) is 0 Å². The number of piperidine rings is 1. The number of nitrogens with zero attached hydrogens (tertiary/aromatic N) is 2. The van der Waals surface area contributed by atoms with E-state index < -0.39 is 0 Å². The fourth-order valence-corrected chi connectivity index (χ4v) is 2.76. The standard InChI is InChI=1S/C14H20N2O3/c1-11(17)14-7-2-3-8-15(14)10-12-5-4-6-13(9-12)16(18)19/h4-6,9,11,14,17H,2-3,7-8,10H2,1H3/t11-,14-/m1/s1. The lowest BCUT2D eigenvalue weighted by molar-refractivity contribution is -0.384. The summed E-state index contributed by atoms with van der Waals surface area (Å²) >= 11 is 0. The number of nitro groups is 1. The number of nitro benzene ring substituents is 1. The monoisotopic (exact) mass is 264 g/mol. The van der Waals surface area contributed by atoms with Gasteiger partial charge in [0.25, 0.3) is 5.69 Å². The first-order chi connectivity index (χ1) is 9.08. The van der Waals surface area contributed by atoms with Gasteiger partial charge in [-0.2, -0.15) is 0 Å². The second-order valence-corrected chi connectivity index (χ2v) is 5.20. The molecule has 1 aliphatic heterocycles. The van der Waals surface area contributed by atoms with Crippen LogP contribution in [-0.4, -0.2) is 33.6 Å². The lowest BCUT2D eigenvalue weighted by Crippen LogP contribution is -2.45. The van der Waals surface area contributed by atoms with Gasteiger partial charge in [-0.05, 0) is 31.9 Å². The van der Waals surface area contributed by atoms with Crippen molar-refractivity contribution in [2.75, 3.05) is 6.54 Å². The highest BCUT2D eigenvalue weighted by Gasteiger charge is 2.26. The molecule has 0 spiro atoms. The van der Waals surface area contributed by atoms with Crippen LogP contribution in [0.2, 0.25) is 0 Å². The van der Waals surface area contributed by atoms with Gasteiger partial charge in [0.2, 0.25) is 0 Å². The minimum atomic E-state index is -0.369. The van der Waals surface area contributed by atoms with Crippen molar-refractivity contribution in [2.45, 2.75) is 44.9 Å². The van der Waals surface area contributed by atoms with Crippen molar-refractivity contribution in [1.82, 2.24) is 4.90 Å². The van der Waals surface area contributed by atoms with Crippen molar-refractivity contribution in [3.63, 3.8) is 0 Å². The number of non-ortho nitro benzene ring substituents is 1. The van der Waals surface area contributed by atoms with Crippen LogP contribution in [-0.2, 0) is 6.54 Å². The van der Waals surface area contributed by atoms with E-state index in [0.717, 1.165) is 31.4 Å². The number of aliphatic hydroxyl groups excluding tert-OH is 1. The van der Waals surface area contributed by atoms with Gasteiger partial charge in [0, 0.05) is 24.7 Å². The normalized spacial score (nSPS) is 22.1. The SMILES string of the molecule is C[C@@H](O)[C@H]1CCCCN1Cc1cccc([N+](=O)[O-])c1. The number of hydrogen-bond donors (Lipinski definition) is 1. The molecular weight excluding hydrogens is 244 g/mol. The van der Waals surface area contributed by atoms with Crippen LogP contribution in [0.25, 0.3) is 0 Å². The molecule has 1 saturated heterocycles. The minimum absolute atomic E-state index is 0.128. The van der Waals surface area contributed by atoms with Crippen LogP contribution in [0, 0.1) is 10.1 Å². The predicted molar refractivity (Wildman–Crippen MR) is 72.8 cm³/mol. The molecule has 0 unspecified atom stereocenters. The Hall–Kier alpha value is -1.46. The molecule has 5 nitrogen and oxygen atoms in total. The first-order valence-electron chi connectivity index (χ1n) is 6.73. The largest absolute Gasteiger partial charge is 0.392 e.